The van der Waals surface area contributed by atoms with Crippen LogP contribution in [0.5, 0.6) is 17.2 Å². The third-order valence-corrected chi connectivity index (χ3v) is 5.56. The van der Waals surface area contributed by atoms with Gasteiger partial charge in [0.1, 0.15) is 17.4 Å². The number of rotatable bonds is 8. The molecule has 36 heavy (non-hydrogen) atoms. The first-order chi connectivity index (χ1) is 17.2. The number of anilines is 2. The van der Waals surface area contributed by atoms with Crippen molar-refractivity contribution in [2.45, 2.75) is 13.8 Å². The SMILES string of the molecule is COc1cc(/C=C(\C#N)C(=O)Nc2ccc(O)cc2)cc(Cl)c1OCC(=O)Nc1cccc(C)c1C. The molecule has 8 nitrogen and oxygen atoms in total. The van der Waals surface area contributed by atoms with Crippen LogP contribution in [0.2, 0.25) is 5.02 Å². The fourth-order valence-corrected chi connectivity index (χ4v) is 3.51. The van der Waals surface area contributed by atoms with Gasteiger partial charge in [-0.25, -0.2) is 0 Å². The Balaban J connectivity index is 1.74. The lowest BCUT2D eigenvalue weighted by molar-refractivity contribution is -0.118. The van der Waals surface area contributed by atoms with Crippen LogP contribution in [0.4, 0.5) is 11.4 Å². The number of nitrogens with one attached hydrogen (secondary N) is 2. The molecule has 0 saturated heterocycles. The number of nitrogens with zero attached hydrogens (tertiary/aromatic N) is 1. The Kier molecular flexibility index (Phi) is 8.55. The number of aromatic hydroxyl groups is 1. The van der Waals surface area contributed by atoms with Crippen LogP contribution in [0.15, 0.2) is 60.2 Å². The lowest BCUT2D eigenvalue weighted by Crippen LogP contribution is -2.21. The van der Waals surface area contributed by atoms with Gasteiger partial charge in [0, 0.05) is 11.4 Å². The molecule has 0 atom stereocenters. The standard InChI is InChI=1S/C27H24ClN3O5/c1-16-5-4-6-23(17(16)2)31-25(33)15-36-26-22(28)12-18(13-24(26)35-3)11-19(14-29)27(34)30-20-7-9-21(32)10-8-20/h4-13,32H,15H2,1-3H3,(H,30,34)(H,31,33)/b19-11+. The minimum absolute atomic E-state index is 0.0517. The van der Waals surface area contributed by atoms with Crippen molar-refractivity contribution in [1.29, 1.82) is 5.26 Å². The van der Waals surface area contributed by atoms with E-state index in [9.17, 15) is 20.0 Å². The minimum atomic E-state index is -0.637. The highest BCUT2D eigenvalue weighted by Gasteiger charge is 2.16. The van der Waals surface area contributed by atoms with E-state index < -0.39 is 5.91 Å². The summed E-state index contributed by atoms with van der Waals surface area (Å²) in [6, 6.07) is 16.3. The van der Waals surface area contributed by atoms with Crippen molar-refractivity contribution in [3.63, 3.8) is 0 Å². The van der Waals surface area contributed by atoms with Crippen molar-refractivity contribution in [1.82, 2.24) is 0 Å². The zero-order chi connectivity index (χ0) is 26.2. The molecule has 3 N–H and O–H groups in total. The Morgan fingerprint density at radius 1 is 1.11 bits per heavy atom. The van der Waals surface area contributed by atoms with Crippen molar-refractivity contribution in [3.8, 4) is 23.3 Å². The first kappa shape index (κ1) is 26.1. The largest absolute Gasteiger partial charge is 0.508 e. The van der Waals surface area contributed by atoms with Gasteiger partial charge in [0.05, 0.1) is 12.1 Å². The van der Waals surface area contributed by atoms with Crippen molar-refractivity contribution >= 4 is 40.9 Å². The average Bonchev–Trinajstić information content (AvgIpc) is 2.85. The van der Waals surface area contributed by atoms with Crippen LogP contribution in [0.25, 0.3) is 6.08 Å². The predicted octanol–water partition coefficient (Wildman–Crippen LogP) is 5.23. The van der Waals surface area contributed by atoms with Gasteiger partial charge >= 0.3 is 0 Å². The van der Waals surface area contributed by atoms with Crippen molar-refractivity contribution in [2.75, 3.05) is 24.4 Å². The fourth-order valence-electron chi connectivity index (χ4n) is 3.23. The number of nitriles is 1. The molecule has 0 aliphatic carbocycles. The topological polar surface area (TPSA) is 121 Å². The van der Waals surface area contributed by atoms with Gasteiger partial charge < -0.3 is 25.2 Å². The van der Waals surface area contributed by atoms with E-state index in [1.54, 1.807) is 6.07 Å². The molecule has 0 saturated carbocycles. The molecule has 3 aromatic carbocycles. The molecule has 3 rings (SSSR count). The summed E-state index contributed by atoms with van der Waals surface area (Å²) in [7, 11) is 1.41. The van der Waals surface area contributed by atoms with Crippen LogP contribution in [-0.2, 0) is 9.59 Å². The van der Waals surface area contributed by atoms with Crippen LogP contribution in [-0.4, -0.2) is 30.6 Å². The monoisotopic (exact) mass is 505 g/mol. The maximum absolute atomic E-state index is 12.5. The molecule has 0 spiro atoms. The summed E-state index contributed by atoms with van der Waals surface area (Å²) >= 11 is 6.38. The molecule has 9 heteroatoms. The number of phenols is 1. The lowest BCUT2D eigenvalue weighted by atomic mass is 10.1. The number of aryl methyl sites for hydroxylation is 1. The highest BCUT2D eigenvalue weighted by molar-refractivity contribution is 6.32. The van der Waals surface area contributed by atoms with Gasteiger partial charge in [-0.3, -0.25) is 9.59 Å². The van der Waals surface area contributed by atoms with Crippen LogP contribution < -0.4 is 20.1 Å². The third-order valence-electron chi connectivity index (χ3n) is 5.28. The first-order valence-corrected chi connectivity index (χ1v) is 11.2. The fraction of sp³-hybridized carbons (Fsp3) is 0.148. The van der Waals surface area contributed by atoms with E-state index >= 15 is 0 Å². The van der Waals surface area contributed by atoms with E-state index in [0.29, 0.717) is 16.9 Å². The zero-order valence-corrected chi connectivity index (χ0v) is 20.6. The molecular weight excluding hydrogens is 482 g/mol. The first-order valence-electron chi connectivity index (χ1n) is 10.8. The molecule has 0 aliphatic rings. The van der Waals surface area contributed by atoms with E-state index in [4.69, 9.17) is 21.1 Å². The number of ether oxygens (including phenoxy) is 2. The molecule has 0 aliphatic heterocycles. The van der Waals surface area contributed by atoms with Crippen LogP contribution in [0.3, 0.4) is 0 Å². The number of methoxy groups -OCH3 is 1. The highest BCUT2D eigenvalue weighted by atomic mass is 35.5. The molecule has 0 bridgehead atoms. The van der Waals surface area contributed by atoms with Gasteiger partial charge in [-0.05, 0) is 79.1 Å². The normalized spacial score (nSPS) is 10.8. The molecule has 0 unspecified atom stereocenters. The quantitative estimate of drug-likeness (QED) is 0.219. The van der Waals surface area contributed by atoms with Crippen LogP contribution in [0, 0.1) is 25.2 Å². The third kappa shape index (κ3) is 6.56. The van der Waals surface area contributed by atoms with Crippen LogP contribution in [0.1, 0.15) is 16.7 Å². The van der Waals surface area contributed by atoms with Gasteiger partial charge in [-0.1, -0.05) is 23.7 Å². The summed E-state index contributed by atoms with van der Waals surface area (Å²) in [6.07, 6.45) is 1.35. The van der Waals surface area contributed by atoms with Gasteiger partial charge in [0.15, 0.2) is 18.1 Å². The van der Waals surface area contributed by atoms with E-state index in [1.807, 2.05) is 32.0 Å². The summed E-state index contributed by atoms with van der Waals surface area (Å²) in [4.78, 5) is 24.9. The maximum Gasteiger partial charge on any atom is 0.266 e. The Hall–Kier alpha value is -4.48. The number of phenolic OH excluding ortho intramolecular Hbond substituents is 1. The number of carbonyl (C=O) groups is 2. The second-order valence-corrected chi connectivity index (χ2v) is 8.20. The Morgan fingerprint density at radius 3 is 2.50 bits per heavy atom. The number of carbonyl (C=O) groups excluding carboxylic acids is 2. The second kappa shape index (κ2) is 11.8. The number of hydrogen-bond donors (Lipinski definition) is 3. The summed E-state index contributed by atoms with van der Waals surface area (Å²) in [5.74, 6) is -0.579. The molecule has 2 amide bonds. The summed E-state index contributed by atoms with van der Waals surface area (Å²) in [6.45, 7) is 3.56. The van der Waals surface area contributed by atoms with Gasteiger partial charge in [-0.2, -0.15) is 5.26 Å². The van der Waals surface area contributed by atoms with Gasteiger partial charge in [0.25, 0.3) is 11.8 Å². The number of halogens is 1. The Labute approximate surface area is 213 Å². The van der Waals surface area contributed by atoms with Crippen molar-refractivity contribution in [2.24, 2.45) is 0 Å². The Bertz CT molecular complexity index is 1360. The highest BCUT2D eigenvalue weighted by Crippen LogP contribution is 2.37. The molecular formula is C27H24ClN3O5. The smallest absolute Gasteiger partial charge is 0.266 e. The van der Waals surface area contributed by atoms with Crippen molar-refractivity contribution < 1.29 is 24.2 Å². The lowest BCUT2D eigenvalue weighted by Gasteiger charge is -2.14. The van der Waals surface area contributed by atoms with E-state index in [2.05, 4.69) is 10.6 Å². The average molecular weight is 506 g/mol. The predicted molar refractivity (Wildman–Crippen MR) is 138 cm³/mol. The molecule has 0 radical (unpaired) electrons. The van der Waals surface area contributed by atoms with Gasteiger partial charge in [0.2, 0.25) is 0 Å². The summed E-state index contributed by atoms with van der Waals surface area (Å²) in [5, 5.41) is 24.4. The second-order valence-electron chi connectivity index (χ2n) is 7.79. The molecule has 184 valence electrons. The summed E-state index contributed by atoms with van der Waals surface area (Å²) < 4.78 is 11.0. The number of amides is 2. The maximum atomic E-state index is 12.5. The van der Waals surface area contributed by atoms with E-state index in [-0.39, 0.29) is 40.4 Å². The van der Waals surface area contributed by atoms with Gasteiger partial charge in [-0.15, -0.1) is 0 Å². The van der Waals surface area contributed by atoms with Crippen molar-refractivity contribution in [3.05, 3.63) is 81.9 Å². The molecule has 0 fully saturated rings. The van der Waals surface area contributed by atoms with Crippen LogP contribution >= 0.6 is 11.6 Å². The van der Waals surface area contributed by atoms with E-state index in [1.165, 1.54) is 49.6 Å². The van der Waals surface area contributed by atoms with E-state index in [0.717, 1.165) is 11.1 Å². The molecule has 0 heterocycles. The summed E-state index contributed by atoms with van der Waals surface area (Å²) in [5.41, 5.74) is 3.36. The Morgan fingerprint density at radius 2 is 1.83 bits per heavy atom. The zero-order valence-electron chi connectivity index (χ0n) is 19.9. The molecule has 3 aromatic rings. The number of benzene rings is 3. The molecule has 0 aromatic heterocycles. The minimum Gasteiger partial charge on any atom is -0.508 e. The number of hydrogen-bond acceptors (Lipinski definition) is 6.